The maximum Gasteiger partial charge on any atom is 0.254 e. The van der Waals surface area contributed by atoms with Crippen LogP contribution < -0.4 is 4.74 Å². The van der Waals surface area contributed by atoms with Gasteiger partial charge in [0.2, 0.25) is 0 Å². The van der Waals surface area contributed by atoms with Crippen LogP contribution in [-0.2, 0) is 6.42 Å². The Morgan fingerprint density at radius 1 is 1.26 bits per heavy atom. The molecule has 0 spiro atoms. The van der Waals surface area contributed by atoms with E-state index in [-0.39, 0.29) is 5.91 Å². The van der Waals surface area contributed by atoms with E-state index < -0.39 is 0 Å². The molecule has 1 saturated heterocycles. The van der Waals surface area contributed by atoms with Crippen LogP contribution in [0.5, 0.6) is 5.75 Å². The fraction of sp³-hybridized carbons (Fsp3) is 0.562. The number of rotatable bonds is 1. The highest BCUT2D eigenvalue weighted by Gasteiger charge is 2.30. The molecule has 1 aromatic carbocycles. The molecule has 19 heavy (non-hydrogen) atoms. The molecule has 1 fully saturated rings. The van der Waals surface area contributed by atoms with Crippen molar-refractivity contribution >= 4 is 5.91 Å². The number of benzene rings is 1. The molecule has 3 nitrogen and oxygen atoms in total. The van der Waals surface area contributed by atoms with E-state index in [9.17, 15) is 4.79 Å². The maximum atomic E-state index is 12.7. The van der Waals surface area contributed by atoms with E-state index in [4.69, 9.17) is 4.74 Å². The Kier molecular flexibility index (Phi) is 3.21. The molecule has 0 bridgehead atoms. The van der Waals surface area contributed by atoms with Crippen molar-refractivity contribution in [1.82, 2.24) is 4.90 Å². The third-order valence-electron chi connectivity index (χ3n) is 4.36. The molecule has 2 heterocycles. The summed E-state index contributed by atoms with van der Waals surface area (Å²) in [5.41, 5.74) is 1.98. The highest BCUT2D eigenvalue weighted by molar-refractivity contribution is 5.95. The molecule has 102 valence electrons. The number of fused-ring (bicyclic) bond motifs is 1. The first-order valence-electron chi connectivity index (χ1n) is 7.25. The van der Waals surface area contributed by atoms with Crippen molar-refractivity contribution in [3.63, 3.8) is 0 Å². The van der Waals surface area contributed by atoms with Gasteiger partial charge in [0.1, 0.15) is 5.75 Å². The Morgan fingerprint density at radius 2 is 2.00 bits per heavy atom. The van der Waals surface area contributed by atoms with Gasteiger partial charge < -0.3 is 9.64 Å². The second-order valence-corrected chi connectivity index (χ2v) is 5.76. The molecule has 2 aliphatic heterocycles. The van der Waals surface area contributed by atoms with E-state index in [0.717, 1.165) is 37.2 Å². The maximum absolute atomic E-state index is 12.7. The lowest BCUT2D eigenvalue weighted by molar-refractivity contribution is 0.0510. The lowest BCUT2D eigenvalue weighted by atomic mass is 9.96. The number of piperidine rings is 1. The molecule has 2 unspecified atom stereocenters. The van der Waals surface area contributed by atoms with Crippen molar-refractivity contribution < 1.29 is 9.53 Å². The van der Waals surface area contributed by atoms with Gasteiger partial charge in [-0.3, -0.25) is 4.79 Å². The van der Waals surface area contributed by atoms with E-state index in [1.807, 2.05) is 18.2 Å². The molecule has 2 atom stereocenters. The van der Waals surface area contributed by atoms with Gasteiger partial charge in [-0.25, -0.2) is 0 Å². The highest BCUT2D eigenvalue weighted by Crippen LogP contribution is 2.29. The number of likely N-dealkylation sites (tertiary alicyclic amines) is 1. The zero-order valence-electron chi connectivity index (χ0n) is 11.7. The normalized spacial score (nSPS) is 25.9. The molecular formula is C16H21NO2. The lowest BCUT2D eigenvalue weighted by Gasteiger charge is -2.39. The first kappa shape index (κ1) is 12.5. The molecule has 1 amide bonds. The van der Waals surface area contributed by atoms with Gasteiger partial charge in [-0.15, -0.1) is 0 Å². The van der Waals surface area contributed by atoms with Crippen molar-refractivity contribution in [3.8, 4) is 5.75 Å². The van der Waals surface area contributed by atoms with Crippen molar-refractivity contribution in [2.75, 3.05) is 6.61 Å². The molecular weight excluding hydrogens is 238 g/mol. The number of carbonyl (C=O) groups is 1. The van der Waals surface area contributed by atoms with Crippen molar-refractivity contribution in [2.24, 2.45) is 0 Å². The van der Waals surface area contributed by atoms with Crippen LogP contribution in [-0.4, -0.2) is 29.5 Å². The Morgan fingerprint density at radius 3 is 2.74 bits per heavy atom. The standard InChI is InChI=1S/C16H21NO2/c1-11-4-3-5-12(2)17(11)16(18)14-6-7-15-13(10-14)8-9-19-15/h6-7,10-12H,3-5,8-9H2,1-2H3. The van der Waals surface area contributed by atoms with Crippen molar-refractivity contribution in [2.45, 2.75) is 51.6 Å². The van der Waals surface area contributed by atoms with Gasteiger partial charge in [0, 0.05) is 24.1 Å². The quantitative estimate of drug-likeness (QED) is 0.776. The SMILES string of the molecule is CC1CCCC(C)N1C(=O)c1ccc2c(c1)CCO2. The average Bonchev–Trinajstić information content (AvgIpc) is 2.85. The molecule has 0 N–H and O–H groups in total. The topological polar surface area (TPSA) is 29.5 Å². The highest BCUT2D eigenvalue weighted by atomic mass is 16.5. The van der Waals surface area contributed by atoms with Crippen LogP contribution in [0, 0.1) is 0 Å². The number of hydrogen-bond donors (Lipinski definition) is 0. The Labute approximate surface area is 114 Å². The molecule has 0 aliphatic carbocycles. The molecule has 0 radical (unpaired) electrons. The summed E-state index contributed by atoms with van der Waals surface area (Å²) in [6.45, 7) is 5.05. The minimum absolute atomic E-state index is 0.175. The van der Waals surface area contributed by atoms with E-state index in [1.165, 1.54) is 12.0 Å². The first-order valence-corrected chi connectivity index (χ1v) is 7.25. The largest absolute Gasteiger partial charge is 0.493 e. The smallest absolute Gasteiger partial charge is 0.254 e. The third-order valence-corrected chi connectivity index (χ3v) is 4.36. The van der Waals surface area contributed by atoms with Gasteiger partial charge in [-0.2, -0.15) is 0 Å². The van der Waals surface area contributed by atoms with Crippen LogP contribution in [0.2, 0.25) is 0 Å². The monoisotopic (exact) mass is 259 g/mol. The molecule has 3 rings (SSSR count). The minimum atomic E-state index is 0.175. The van der Waals surface area contributed by atoms with Crippen LogP contribution in [0.25, 0.3) is 0 Å². The molecule has 0 saturated carbocycles. The minimum Gasteiger partial charge on any atom is -0.493 e. The Hall–Kier alpha value is -1.51. The Bertz CT molecular complexity index is 488. The molecule has 2 aliphatic rings. The van der Waals surface area contributed by atoms with Gasteiger partial charge >= 0.3 is 0 Å². The van der Waals surface area contributed by atoms with E-state index >= 15 is 0 Å². The fourth-order valence-electron chi connectivity index (χ4n) is 3.29. The number of carbonyl (C=O) groups excluding carboxylic acids is 1. The Balaban J connectivity index is 1.86. The van der Waals surface area contributed by atoms with Crippen LogP contribution >= 0.6 is 0 Å². The van der Waals surface area contributed by atoms with Crippen LogP contribution in [0.4, 0.5) is 0 Å². The molecule has 0 aromatic heterocycles. The fourth-order valence-corrected chi connectivity index (χ4v) is 3.29. The van der Waals surface area contributed by atoms with Crippen molar-refractivity contribution in [3.05, 3.63) is 29.3 Å². The number of amides is 1. The summed E-state index contributed by atoms with van der Waals surface area (Å²) >= 11 is 0. The van der Waals surface area contributed by atoms with Crippen LogP contribution in [0.3, 0.4) is 0 Å². The van der Waals surface area contributed by atoms with Gasteiger partial charge in [-0.05, 0) is 56.9 Å². The predicted molar refractivity (Wildman–Crippen MR) is 74.6 cm³/mol. The molecule has 3 heteroatoms. The average molecular weight is 259 g/mol. The van der Waals surface area contributed by atoms with Crippen LogP contribution in [0.1, 0.15) is 49.0 Å². The summed E-state index contributed by atoms with van der Waals surface area (Å²) in [4.78, 5) is 14.8. The summed E-state index contributed by atoms with van der Waals surface area (Å²) in [5, 5.41) is 0. The summed E-state index contributed by atoms with van der Waals surface area (Å²) < 4.78 is 5.50. The van der Waals surface area contributed by atoms with Gasteiger partial charge in [-0.1, -0.05) is 0 Å². The third kappa shape index (κ3) is 2.22. The zero-order chi connectivity index (χ0) is 13.4. The summed E-state index contributed by atoms with van der Waals surface area (Å²) in [6.07, 6.45) is 4.37. The van der Waals surface area contributed by atoms with Crippen LogP contribution in [0.15, 0.2) is 18.2 Å². The van der Waals surface area contributed by atoms with Gasteiger partial charge in [0.25, 0.3) is 5.91 Å². The first-order chi connectivity index (χ1) is 9.16. The van der Waals surface area contributed by atoms with E-state index in [2.05, 4.69) is 18.7 Å². The second kappa shape index (κ2) is 4.87. The number of hydrogen-bond acceptors (Lipinski definition) is 2. The molecule has 1 aromatic rings. The lowest BCUT2D eigenvalue weighted by Crippen LogP contribution is -2.47. The number of ether oxygens (including phenoxy) is 1. The second-order valence-electron chi connectivity index (χ2n) is 5.76. The van der Waals surface area contributed by atoms with E-state index in [1.54, 1.807) is 0 Å². The predicted octanol–water partition coefficient (Wildman–Crippen LogP) is 3.02. The van der Waals surface area contributed by atoms with Gasteiger partial charge in [0.05, 0.1) is 6.61 Å². The van der Waals surface area contributed by atoms with Crippen molar-refractivity contribution in [1.29, 1.82) is 0 Å². The summed E-state index contributed by atoms with van der Waals surface area (Å²) in [5.74, 6) is 1.12. The summed E-state index contributed by atoms with van der Waals surface area (Å²) in [7, 11) is 0. The van der Waals surface area contributed by atoms with Gasteiger partial charge in [0.15, 0.2) is 0 Å². The van der Waals surface area contributed by atoms with E-state index in [0.29, 0.717) is 12.1 Å². The number of nitrogens with zero attached hydrogens (tertiary/aromatic N) is 1. The summed E-state index contributed by atoms with van der Waals surface area (Å²) in [6, 6.07) is 6.55. The zero-order valence-corrected chi connectivity index (χ0v) is 11.7.